The van der Waals surface area contributed by atoms with Crippen molar-refractivity contribution >= 4 is 0 Å². The maximum absolute atomic E-state index is 10.1. The molecule has 0 spiro atoms. The maximum atomic E-state index is 10.1. The lowest BCUT2D eigenvalue weighted by Crippen LogP contribution is -2.43. The van der Waals surface area contributed by atoms with Gasteiger partial charge in [0.1, 0.15) is 0 Å². The van der Waals surface area contributed by atoms with Gasteiger partial charge in [-0.15, -0.1) is 0 Å². The first-order valence-corrected chi connectivity index (χ1v) is 5.04. The first kappa shape index (κ1) is 11.0. The highest BCUT2D eigenvalue weighted by Crippen LogP contribution is 2.30. The fraction of sp³-hybridized carbons (Fsp3) is 1.00. The third kappa shape index (κ3) is 2.66. The fourth-order valence-corrected chi connectivity index (χ4v) is 1.79. The molecule has 78 valence electrons. The van der Waals surface area contributed by atoms with Gasteiger partial charge in [0.25, 0.3) is 0 Å². The summed E-state index contributed by atoms with van der Waals surface area (Å²) in [6.07, 6.45) is 1.64. The molecule has 3 nitrogen and oxygen atoms in total. The van der Waals surface area contributed by atoms with Crippen molar-refractivity contribution in [2.75, 3.05) is 19.8 Å². The minimum atomic E-state index is -0.290. The summed E-state index contributed by atoms with van der Waals surface area (Å²) < 4.78 is 5.25. The van der Waals surface area contributed by atoms with Crippen molar-refractivity contribution < 1.29 is 9.84 Å². The smallest absolute Gasteiger partial charge is 0.0633 e. The molecule has 13 heavy (non-hydrogen) atoms. The number of nitrogens with two attached hydrogens (primary N) is 1. The molecule has 0 bridgehead atoms. The van der Waals surface area contributed by atoms with Crippen molar-refractivity contribution in [3.05, 3.63) is 0 Å². The van der Waals surface area contributed by atoms with E-state index in [1.165, 1.54) is 0 Å². The summed E-state index contributed by atoms with van der Waals surface area (Å²) in [6.45, 7) is 6.14. The van der Waals surface area contributed by atoms with Crippen LogP contribution >= 0.6 is 0 Å². The molecule has 0 aromatic heterocycles. The molecule has 1 aliphatic rings. The Morgan fingerprint density at radius 3 is 2.46 bits per heavy atom. The largest absolute Gasteiger partial charge is 0.392 e. The summed E-state index contributed by atoms with van der Waals surface area (Å²) >= 11 is 0. The Hall–Kier alpha value is -0.120. The van der Waals surface area contributed by atoms with E-state index < -0.39 is 0 Å². The standard InChI is InChI=1S/C10H21NO2/c1-10(2,7-11)9(12)8-3-5-13-6-4-8/h8-9,12H,3-7,11H2,1-2H3. The van der Waals surface area contributed by atoms with Gasteiger partial charge < -0.3 is 15.6 Å². The molecule has 0 saturated carbocycles. The van der Waals surface area contributed by atoms with Gasteiger partial charge in [-0.2, -0.15) is 0 Å². The molecule has 3 N–H and O–H groups in total. The Balaban J connectivity index is 2.49. The molecule has 1 atom stereocenters. The van der Waals surface area contributed by atoms with E-state index in [9.17, 15) is 5.11 Å². The van der Waals surface area contributed by atoms with E-state index >= 15 is 0 Å². The average molecular weight is 187 g/mol. The first-order valence-electron chi connectivity index (χ1n) is 5.04. The van der Waals surface area contributed by atoms with Crippen LogP contribution in [0.2, 0.25) is 0 Å². The Labute approximate surface area is 80.3 Å². The molecule has 1 fully saturated rings. The van der Waals surface area contributed by atoms with Gasteiger partial charge >= 0.3 is 0 Å². The van der Waals surface area contributed by atoms with E-state index in [1.54, 1.807) is 0 Å². The highest BCUT2D eigenvalue weighted by Gasteiger charge is 2.33. The minimum absolute atomic E-state index is 0.165. The zero-order valence-corrected chi connectivity index (χ0v) is 8.62. The molecule has 1 aliphatic heterocycles. The van der Waals surface area contributed by atoms with Crippen LogP contribution < -0.4 is 5.73 Å². The third-order valence-corrected chi connectivity index (χ3v) is 3.04. The van der Waals surface area contributed by atoms with E-state index in [1.807, 2.05) is 13.8 Å². The molecule has 0 aliphatic carbocycles. The maximum Gasteiger partial charge on any atom is 0.0633 e. The SMILES string of the molecule is CC(C)(CN)C(O)C1CCOCC1. The van der Waals surface area contributed by atoms with Gasteiger partial charge in [0.05, 0.1) is 6.10 Å². The predicted octanol–water partition coefficient (Wildman–Crippen LogP) is 0.759. The molecule has 0 amide bonds. The molecule has 0 aromatic rings. The molecule has 0 radical (unpaired) electrons. The van der Waals surface area contributed by atoms with Gasteiger partial charge in [-0.05, 0) is 25.3 Å². The quantitative estimate of drug-likeness (QED) is 0.686. The second-order valence-corrected chi connectivity index (χ2v) is 4.59. The van der Waals surface area contributed by atoms with E-state index in [0.717, 1.165) is 26.1 Å². The molecular formula is C10H21NO2. The van der Waals surface area contributed by atoms with Crippen molar-refractivity contribution in [3.63, 3.8) is 0 Å². The number of hydrogen-bond acceptors (Lipinski definition) is 3. The third-order valence-electron chi connectivity index (χ3n) is 3.04. The van der Waals surface area contributed by atoms with Crippen LogP contribution in [-0.2, 0) is 4.74 Å². The lowest BCUT2D eigenvalue weighted by Gasteiger charge is -2.36. The topological polar surface area (TPSA) is 55.5 Å². The van der Waals surface area contributed by atoms with Gasteiger partial charge in [-0.25, -0.2) is 0 Å². The molecular weight excluding hydrogens is 166 g/mol. The van der Waals surface area contributed by atoms with Crippen molar-refractivity contribution in [2.24, 2.45) is 17.1 Å². The second-order valence-electron chi connectivity index (χ2n) is 4.59. The van der Waals surface area contributed by atoms with Crippen LogP contribution in [0.3, 0.4) is 0 Å². The fourth-order valence-electron chi connectivity index (χ4n) is 1.79. The number of aliphatic hydroxyl groups excluding tert-OH is 1. The van der Waals surface area contributed by atoms with Gasteiger partial charge in [0.2, 0.25) is 0 Å². The molecule has 1 rings (SSSR count). The predicted molar refractivity (Wildman–Crippen MR) is 52.4 cm³/mol. The van der Waals surface area contributed by atoms with Crippen molar-refractivity contribution in [3.8, 4) is 0 Å². The summed E-state index contributed by atoms with van der Waals surface area (Å²) in [4.78, 5) is 0. The Morgan fingerprint density at radius 2 is 2.00 bits per heavy atom. The Morgan fingerprint density at radius 1 is 1.46 bits per heavy atom. The number of aliphatic hydroxyl groups is 1. The highest BCUT2D eigenvalue weighted by atomic mass is 16.5. The lowest BCUT2D eigenvalue weighted by molar-refractivity contribution is -0.0423. The summed E-state index contributed by atoms with van der Waals surface area (Å²) in [6, 6.07) is 0. The summed E-state index contributed by atoms with van der Waals surface area (Å²) in [5, 5.41) is 10.1. The second kappa shape index (κ2) is 4.40. The number of ether oxygens (including phenoxy) is 1. The summed E-state index contributed by atoms with van der Waals surface area (Å²) in [7, 11) is 0. The van der Waals surface area contributed by atoms with Gasteiger partial charge in [0, 0.05) is 18.6 Å². The average Bonchev–Trinajstić information content (AvgIpc) is 2.18. The van der Waals surface area contributed by atoms with Crippen molar-refractivity contribution in [1.29, 1.82) is 0 Å². The van der Waals surface area contributed by atoms with Crippen LogP contribution in [0.25, 0.3) is 0 Å². The van der Waals surface area contributed by atoms with Crippen molar-refractivity contribution in [2.45, 2.75) is 32.8 Å². The van der Waals surface area contributed by atoms with Crippen LogP contribution in [0, 0.1) is 11.3 Å². The zero-order valence-electron chi connectivity index (χ0n) is 8.62. The van der Waals surface area contributed by atoms with Gasteiger partial charge in [-0.1, -0.05) is 13.8 Å². The van der Waals surface area contributed by atoms with Crippen LogP contribution in [0.5, 0.6) is 0 Å². The van der Waals surface area contributed by atoms with E-state index in [4.69, 9.17) is 10.5 Å². The van der Waals surface area contributed by atoms with Crippen LogP contribution in [0.4, 0.5) is 0 Å². The Kier molecular flexibility index (Phi) is 3.71. The Bertz CT molecular complexity index is 153. The van der Waals surface area contributed by atoms with Crippen molar-refractivity contribution in [1.82, 2.24) is 0 Å². The first-order chi connectivity index (χ1) is 6.08. The normalized spacial score (nSPS) is 23.1. The van der Waals surface area contributed by atoms with Crippen LogP contribution in [-0.4, -0.2) is 31.0 Å². The summed E-state index contributed by atoms with van der Waals surface area (Å²) in [5.74, 6) is 0.368. The van der Waals surface area contributed by atoms with E-state index in [2.05, 4.69) is 0 Å². The monoisotopic (exact) mass is 187 g/mol. The minimum Gasteiger partial charge on any atom is -0.392 e. The van der Waals surface area contributed by atoms with E-state index in [-0.39, 0.29) is 11.5 Å². The molecule has 1 unspecified atom stereocenters. The number of hydrogen-bond donors (Lipinski definition) is 2. The lowest BCUT2D eigenvalue weighted by atomic mass is 9.77. The highest BCUT2D eigenvalue weighted by molar-refractivity contribution is 4.85. The van der Waals surface area contributed by atoms with Crippen LogP contribution in [0.1, 0.15) is 26.7 Å². The van der Waals surface area contributed by atoms with E-state index in [0.29, 0.717) is 12.5 Å². The van der Waals surface area contributed by atoms with Gasteiger partial charge in [0.15, 0.2) is 0 Å². The van der Waals surface area contributed by atoms with Gasteiger partial charge in [-0.3, -0.25) is 0 Å². The zero-order chi connectivity index (χ0) is 9.90. The summed E-state index contributed by atoms with van der Waals surface area (Å²) in [5.41, 5.74) is 5.46. The van der Waals surface area contributed by atoms with Crippen LogP contribution in [0.15, 0.2) is 0 Å². The molecule has 1 heterocycles. The molecule has 3 heteroatoms. The molecule has 1 saturated heterocycles. The molecule has 0 aromatic carbocycles. The number of rotatable bonds is 3.